The van der Waals surface area contributed by atoms with E-state index >= 15 is 0 Å². The van der Waals surface area contributed by atoms with Crippen molar-refractivity contribution in [2.24, 2.45) is 23.7 Å². The van der Waals surface area contributed by atoms with Gasteiger partial charge in [0.05, 0.1) is 0 Å². The van der Waals surface area contributed by atoms with E-state index in [4.69, 9.17) is 9.72 Å². The maximum absolute atomic E-state index is 7.07. The molecule has 10 aromatic rings. The minimum Gasteiger partial charge on any atom is -0.509 e. The summed E-state index contributed by atoms with van der Waals surface area (Å²) in [6.45, 7) is 23.0. The van der Waals surface area contributed by atoms with Gasteiger partial charge in [-0.3, -0.25) is 0 Å². The number of fused-ring (bicyclic) bond motifs is 7. The molecule has 0 spiro atoms. The van der Waals surface area contributed by atoms with Crippen molar-refractivity contribution in [3.8, 4) is 17.3 Å². The third-order valence-corrected chi connectivity index (χ3v) is 18.4. The summed E-state index contributed by atoms with van der Waals surface area (Å²) in [6, 6.07) is 66.4. The van der Waals surface area contributed by atoms with Gasteiger partial charge in [0.25, 0.3) is 0 Å². The molecule has 4 saturated carbocycles. The first-order valence-corrected chi connectivity index (χ1v) is 28.3. The number of pyridine rings is 1. The smallest absolute Gasteiger partial charge is 0.135 e. The van der Waals surface area contributed by atoms with Crippen molar-refractivity contribution in [2.75, 3.05) is 9.80 Å². The van der Waals surface area contributed by atoms with Gasteiger partial charge in [0.1, 0.15) is 5.82 Å². The van der Waals surface area contributed by atoms with Crippen LogP contribution in [0.4, 0.5) is 22.7 Å². The Morgan fingerprint density at radius 3 is 1.87 bits per heavy atom. The van der Waals surface area contributed by atoms with E-state index in [1.54, 1.807) is 0 Å². The molecule has 3 heterocycles. The molecule has 0 radical (unpaired) electrons. The van der Waals surface area contributed by atoms with Gasteiger partial charge in [-0.1, -0.05) is 171 Å². The molecule has 0 unspecified atom stereocenters. The van der Waals surface area contributed by atoms with E-state index in [1.807, 2.05) is 0 Å². The fourth-order valence-electron chi connectivity index (χ4n) is 15.1. The molecule has 1 aliphatic heterocycles. The predicted octanol–water partition coefficient (Wildman–Crippen LogP) is 18.9. The van der Waals surface area contributed by atoms with Crippen molar-refractivity contribution in [3.05, 3.63) is 211 Å². The number of hydrogen-bond donors (Lipinski definition) is 0. The van der Waals surface area contributed by atoms with Crippen LogP contribution in [-0.4, -0.2) is 9.55 Å². The third kappa shape index (κ3) is 8.06. The van der Waals surface area contributed by atoms with Crippen LogP contribution in [0.1, 0.15) is 122 Å². The summed E-state index contributed by atoms with van der Waals surface area (Å²) in [6.07, 6.45) is 8.65. The van der Waals surface area contributed by atoms with Crippen molar-refractivity contribution >= 4 is 66.1 Å². The van der Waals surface area contributed by atoms with E-state index in [9.17, 15) is 0 Å². The van der Waals surface area contributed by atoms with Crippen molar-refractivity contribution in [2.45, 2.75) is 116 Å². The number of benzene rings is 8. The van der Waals surface area contributed by atoms with Crippen LogP contribution in [0.15, 0.2) is 164 Å². The van der Waals surface area contributed by atoms with Crippen LogP contribution < -0.4 is 14.5 Å². The monoisotopic (exact) mass is 1200 g/mol. The fourth-order valence-corrected chi connectivity index (χ4v) is 15.1. The van der Waals surface area contributed by atoms with E-state index < -0.39 is 0 Å². The Labute approximate surface area is 475 Å². The topological polar surface area (TPSA) is 33.5 Å². The number of nitrogens with zero attached hydrogens (tertiary/aromatic N) is 4. The Morgan fingerprint density at radius 1 is 0.538 bits per heavy atom. The van der Waals surface area contributed by atoms with Crippen molar-refractivity contribution < 1.29 is 25.8 Å². The van der Waals surface area contributed by atoms with E-state index in [1.165, 1.54) is 87.0 Å². The summed E-state index contributed by atoms with van der Waals surface area (Å²) in [4.78, 5) is 10.0. The Balaban J connectivity index is 0.00000579. The first kappa shape index (κ1) is 50.8. The van der Waals surface area contributed by atoms with E-state index in [-0.39, 0.29) is 42.7 Å². The molecular formula is C72H69N4OPt-3. The minimum atomic E-state index is -0.176. The SMILES string of the molecule is CC(C)(C)c1cc(Oc2[c-]c3c(cc2)c2ccccc2n3-c2cc(C3(c4cccc5c4ccc4ccccc45)C4CC5CC(C4)CC3C5)ccn2)[c-]c(N2[CH-]N(c3c(C(C)(C)C)cccc3C(C)(C)C)c3ccccc32)c1.[Pt]. The van der Waals surface area contributed by atoms with E-state index in [2.05, 4.69) is 259 Å². The normalized spacial score (nSPS) is 21.0. The summed E-state index contributed by atoms with van der Waals surface area (Å²) >= 11 is 0. The summed E-state index contributed by atoms with van der Waals surface area (Å²) in [5.41, 5.74) is 12.6. The number of aromatic nitrogens is 2. The number of anilines is 4. The van der Waals surface area contributed by atoms with Crippen molar-refractivity contribution in [3.63, 3.8) is 0 Å². The summed E-state index contributed by atoms with van der Waals surface area (Å²) < 4.78 is 9.41. The zero-order valence-corrected chi connectivity index (χ0v) is 48.8. The Morgan fingerprint density at radius 2 is 1.17 bits per heavy atom. The van der Waals surface area contributed by atoms with Gasteiger partial charge in [0.2, 0.25) is 0 Å². The van der Waals surface area contributed by atoms with Gasteiger partial charge >= 0.3 is 0 Å². The first-order chi connectivity index (χ1) is 37.0. The number of rotatable bonds is 7. The average molecular weight is 1200 g/mol. The number of hydrogen-bond acceptors (Lipinski definition) is 4. The molecule has 5 aliphatic rings. The zero-order valence-electron chi connectivity index (χ0n) is 46.5. The second-order valence-electron chi connectivity index (χ2n) is 26.2. The van der Waals surface area contributed by atoms with Crippen molar-refractivity contribution in [1.29, 1.82) is 0 Å². The molecule has 8 aromatic carbocycles. The largest absolute Gasteiger partial charge is 0.509 e. The van der Waals surface area contributed by atoms with Gasteiger partial charge in [-0.15, -0.1) is 53.6 Å². The molecule has 396 valence electrons. The Bertz CT molecular complexity index is 3940. The molecule has 2 aromatic heterocycles. The van der Waals surface area contributed by atoms with Gasteiger partial charge in [0, 0.05) is 66.8 Å². The molecule has 0 N–H and O–H groups in total. The maximum atomic E-state index is 7.07. The summed E-state index contributed by atoms with van der Waals surface area (Å²) in [7, 11) is 0. The van der Waals surface area contributed by atoms with E-state index in [0.717, 1.165) is 56.7 Å². The Hall–Kier alpha value is -6.68. The van der Waals surface area contributed by atoms with Crippen molar-refractivity contribution in [1.82, 2.24) is 9.55 Å². The third-order valence-electron chi connectivity index (χ3n) is 18.4. The molecule has 4 bridgehead atoms. The van der Waals surface area contributed by atoms with Crippen LogP contribution in [0, 0.1) is 42.5 Å². The van der Waals surface area contributed by atoms with Crippen LogP contribution >= 0.6 is 0 Å². The molecule has 15 rings (SSSR count). The van der Waals surface area contributed by atoms with Crippen LogP contribution in [0.5, 0.6) is 11.5 Å². The van der Waals surface area contributed by atoms with Gasteiger partial charge in [-0.05, 0) is 152 Å². The number of ether oxygens (including phenoxy) is 1. The summed E-state index contributed by atoms with van der Waals surface area (Å²) in [5, 5.41) is 7.66. The Kier molecular flexibility index (Phi) is 12.0. The van der Waals surface area contributed by atoms with E-state index in [0.29, 0.717) is 23.3 Å². The van der Waals surface area contributed by atoms with Gasteiger partial charge < -0.3 is 19.1 Å². The van der Waals surface area contributed by atoms with Gasteiger partial charge in [-0.25, -0.2) is 4.98 Å². The second-order valence-corrected chi connectivity index (χ2v) is 26.2. The van der Waals surface area contributed by atoms with Crippen LogP contribution in [0.2, 0.25) is 0 Å². The molecule has 0 amide bonds. The molecule has 4 aliphatic carbocycles. The molecule has 5 nitrogen and oxygen atoms in total. The molecule has 0 atom stereocenters. The second kappa shape index (κ2) is 18.5. The predicted molar refractivity (Wildman–Crippen MR) is 320 cm³/mol. The standard InChI is InChI=1S/C72H69N4O.Pt/c1-69(2,3)49-39-52(74-44-75(65-27-15-14-26-64(65)74)68-61(70(4,5)6)23-17-24-62(68)71(7,8)9)42-54(40-49)77-53-29-31-59-58-20-12-13-25-63(58)76(66(59)43-53)67-41-48(32-33-73-67)72(50-35-45-34-46(37-50)38-51(72)36-45)60-22-16-21-56-55-19-11-10-18-47(55)28-30-57(56)60;/h10-33,39-41,44-46,50-51H,34-38H2,1-9H3;/q-3;. The maximum Gasteiger partial charge on any atom is 0.135 e. The van der Waals surface area contributed by atoms with Crippen LogP contribution in [0.3, 0.4) is 0 Å². The molecule has 6 heteroatoms. The summed E-state index contributed by atoms with van der Waals surface area (Å²) in [5.74, 6) is 4.97. The average Bonchev–Trinajstić information content (AvgIpc) is 3.80. The fraction of sp³-hybridized carbons (Fsp3) is 0.306. The molecular weight excluding hydrogens is 1130 g/mol. The number of para-hydroxylation sites is 4. The van der Waals surface area contributed by atoms with Crippen LogP contribution in [-0.2, 0) is 42.7 Å². The van der Waals surface area contributed by atoms with Gasteiger partial charge in [-0.2, -0.15) is 6.07 Å². The quantitative estimate of drug-likeness (QED) is 0.118. The van der Waals surface area contributed by atoms with Gasteiger partial charge in [0.15, 0.2) is 0 Å². The molecule has 0 saturated heterocycles. The molecule has 4 fully saturated rings. The zero-order chi connectivity index (χ0) is 52.8. The molecule has 78 heavy (non-hydrogen) atoms. The first-order valence-electron chi connectivity index (χ1n) is 28.3. The minimum absolute atomic E-state index is 0. The van der Waals surface area contributed by atoms with Crippen LogP contribution in [0.25, 0.3) is 49.2 Å².